The Labute approximate surface area is 208 Å². The summed E-state index contributed by atoms with van der Waals surface area (Å²) in [7, 11) is 4.80. The normalized spacial score (nSPS) is 17.8. The van der Waals surface area contributed by atoms with Crippen LogP contribution in [0.15, 0.2) is 66.8 Å². The fraction of sp³-hybridized carbons (Fsp3) is 0.222. The van der Waals surface area contributed by atoms with Crippen LogP contribution in [0.3, 0.4) is 0 Å². The number of rotatable bonds is 5. The van der Waals surface area contributed by atoms with Gasteiger partial charge < -0.3 is 24.3 Å². The van der Waals surface area contributed by atoms with E-state index in [1.54, 1.807) is 33.9 Å². The van der Waals surface area contributed by atoms with E-state index in [1.807, 2.05) is 47.3 Å². The van der Waals surface area contributed by atoms with Gasteiger partial charge in [-0.05, 0) is 42.8 Å². The maximum atomic E-state index is 6.73. The number of ether oxygens (including phenoxy) is 4. The topological polar surface area (TPSA) is 92.6 Å². The number of hydrogen-bond donors (Lipinski definition) is 1. The van der Waals surface area contributed by atoms with Gasteiger partial charge in [-0.25, -0.2) is 4.68 Å². The summed E-state index contributed by atoms with van der Waals surface area (Å²) in [5.41, 5.74) is 5.83. The number of nitrogens with zero attached hydrogens (tertiary/aromatic N) is 4. The lowest BCUT2D eigenvalue weighted by Crippen LogP contribution is -2.32. The molecule has 0 aliphatic carbocycles. The molecule has 2 aromatic heterocycles. The van der Waals surface area contributed by atoms with Crippen molar-refractivity contribution in [2.75, 3.05) is 26.6 Å². The third-order valence-electron chi connectivity index (χ3n) is 6.56. The Morgan fingerprint density at radius 2 is 1.78 bits per heavy atom. The van der Waals surface area contributed by atoms with Gasteiger partial charge in [0.15, 0.2) is 11.5 Å². The van der Waals surface area contributed by atoms with E-state index < -0.39 is 6.10 Å². The SMILES string of the molecule is COc1cc(C2Oc3ccc(C)cc3C3=C2C(c2cccnc2)n2ncnc2N3)cc(OC)c1OC. The molecule has 6 rings (SSSR count). The van der Waals surface area contributed by atoms with Gasteiger partial charge in [0.1, 0.15) is 24.2 Å². The van der Waals surface area contributed by atoms with Gasteiger partial charge in [0, 0.05) is 29.1 Å². The summed E-state index contributed by atoms with van der Waals surface area (Å²) in [4.78, 5) is 8.87. The zero-order valence-electron chi connectivity index (χ0n) is 20.4. The number of hydrogen-bond acceptors (Lipinski definition) is 8. The second-order valence-corrected chi connectivity index (χ2v) is 8.63. The van der Waals surface area contributed by atoms with Crippen LogP contribution in [-0.2, 0) is 0 Å². The van der Waals surface area contributed by atoms with Gasteiger partial charge in [-0.2, -0.15) is 10.1 Å². The summed E-state index contributed by atoms with van der Waals surface area (Å²) in [6, 6.07) is 13.7. The number of anilines is 1. The molecule has 1 N–H and O–H groups in total. The average Bonchev–Trinajstić information content (AvgIpc) is 3.39. The van der Waals surface area contributed by atoms with Crippen molar-refractivity contribution in [3.8, 4) is 23.0 Å². The third kappa shape index (κ3) is 3.35. The lowest BCUT2D eigenvalue weighted by molar-refractivity contribution is 0.221. The molecule has 0 spiro atoms. The summed E-state index contributed by atoms with van der Waals surface area (Å²) >= 11 is 0. The van der Waals surface area contributed by atoms with Crippen molar-refractivity contribution < 1.29 is 18.9 Å². The highest BCUT2D eigenvalue weighted by atomic mass is 16.5. The van der Waals surface area contributed by atoms with Gasteiger partial charge in [-0.15, -0.1) is 0 Å². The third-order valence-corrected chi connectivity index (χ3v) is 6.56. The van der Waals surface area contributed by atoms with Crippen molar-refractivity contribution in [1.29, 1.82) is 0 Å². The maximum Gasteiger partial charge on any atom is 0.226 e. The second kappa shape index (κ2) is 8.60. The fourth-order valence-corrected chi connectivity index (χ4v) is 4.97. The first-order valence-electron chi connectivity index (χ1n) is 11.5. The van der Waals surface area contributed by atoms with Crippen molar-refractivity contribution in [2.45, 2.75) is 19.1 Å². The van der Waals surface area contributed by atoms with Crippen LogP contribution in [-0.4, -0.2) is 41.1 Å². The summed E-state index contributed by atoms with van der Waals surface area (Å²) in [5.74, 6) is 3.05. The standard InChI is InChI=1S/C27H25N5O4/c1-15-7-8-19-18(10-15)23-22(24(16-6-5-9-28-13-16)32-27(31-23)29-14-30-32)25(36-19)17-11-20(33-2)26(35-4)21(12-17)34-3/h5-14,24-25H,1-4H3,(H,29,30,31). The molecule has 4 heterocycles. The fourth-order valence-electron chi connectivity index (χ4n) is 4.97. The van der Waals surface area contributed by atoms with Crippen LogP contribution >= 0.6 is 0 Å². The molecular formula is C27H25N5O4. The molecular weight excluding hydrogens is 458 g/mol. The quantitative estimate of drug-likeness (QED) is 0.441. The Balaban J connectivity index is 1.63. The van der Waals surface area contributed by atoms with Crippen LogP contribution < -0.4 is 24.3 Å². The number of aromatic nitrogens is 4. The van der Waals surface area contributed by atoms with Crippen molar-refractivity contribution in [3.05, 3.63) is 89.0 Å². The molecule has 2 aromatic carbocycles. The highest BCUT2D eigenvalue weighted by molar-refractivity contribution is 5.85. The van der Waals surface area contributed by atoms with E-state index in [0.29, 0.717) is 23.2 Å². The molecule has 0 amide bonds. The largest absolute Gasteiger partial charge is 0.493 e. The number of aryl methyl sites for hydroxylation is 1. The van der Waals surface area contributed by atoms with Crippen LogP contribution in [0, 0.1) is 6.92 Å². The minimum atomic E-state index is -0.487. The monoisotopic (exact) mass is 483 g/mol. The van der Waals surface area contributed by atoms with E-state index in [-0.39, 0.29) is 6.04 Å². The van der Waals surface area contributed by atoms with Crippen molar-refractivity contribution in [1.82, 2.24) is 19.7 Å². The Morgan fingerprint density at radius 3 is 2.47 bits per heavy atom. The lowest BCUT2D eigenvalue weighted by atomic mass is 9.84. The molecule has 2 aliphatic heterocycles. The number of pyridine rings is 1. The van der Waals surface area contributed by atoms with Gasteiger partial charge in [0.05, 0.1) is 27.0 Å². The highest BCUT2D eigenvalue weighted by Gasteiger charge is 2.41. The predicted octanol–water partition coefficient (Wildman–Crippen LogP) is 4.57. The smallest absolute Gasteiger partial charge is 0.226 e. The minimum Gasteiger partial charge on any atom is -0.493 e. The van der Waals surface area contributed by atoms with Gasteiger partial charge in [-0.3, -0.25) is 4.98 Å². The molecule has 4 aromatic rings. The number of nitrogens with one attached hydrogen (secondary N) is 1. The van der Waals surface area contributed by atoms with Gasteiger partial charge in [0.25, 0.3) is 0 Å². The van der Waals surface area contributed by atoms with Gasteiger partial charge in [-0.1, -0.05) is 17.7 Å². The molecule has 0 saturated heterocycles. The van der Waals surface area contributed by atoms with E-state index >= 15 is 0 Å². The molecule has 2 atom stereocenters. The van der Waals surface area contributed by atoms with E-state index in [2.05, 4.69) is 33.4 Å². The first kappa shape index (κ1) is 22.0. The number of benzene rings is 2. The van der Waals surface area contributed by atoms with E-state index in [0.717, 1.165) is 39.3 Å². The summed E-state index contributed by atoms with van der Waals surface area (Å²) in [5, 5.41) is 8.08. The van der Waals surface area contributed by atoms with Crippen LogP contribution in [0.25, 0.3) is 5.70 Å². The Kier molecular flexibility index (Phi) is 5.25. The average molecular weight is 484 g/mol. The van der Waals surface area contributed by atoms with Gasteiger partial charge in [0.2, 0.25) is 11.7 Å². The molecule has 2 unspecified atom stereocenters. The van der Waals surface area contributed by atoms with E-state index in [9.17, 15) is 0 Å². The Bertz CT molecular complexity index is 1460. The predicted molar refractivity (Wildman–Crippen MR) is 134 cm³/mol. The van der Waals surface area contributed by atoms with Crippen molar-refractivity contribution >= 4 is 11.6 Å². The van der Waals surface area contributed by atoms with Crippen LogP contribution in [0.2, 0.25) is 0 Å². The first-order chi connectivity index (χ1) is 17.6. The molecule has 0 fully saturated rings. The molecule has 182 valence electrons. The molecule has 36 heavy (non-hydrogen) atoms. The molecule has 9 nitrogen and oxygen atoms in total. The lowest BCUT2D eigenvalue weighted by Gasteiger charge is -2.39. The van der Waals surface area contributed by atoms with Crippen LogP contribution in [0.1, 0.15) is 34.4 Å². The minimum absolute atomic E-state index is 0.301. The van der Waals surface area contributed by atoms with Crippen LogP contribution in [0.5, 0.6) is 23.0 Å². The second-order valence-electron chi connectivity index (χ2n) is 8.63. The summed E-state index contributed by atoms with van der Waals surface area (Å²) in [6.07, 6.45) is 4.68. The molecule has 0 radical (unpaired) electrons. The summed E-state index contributed by atoms with van der Waals surface area (Å²) < 4.78 is 25.5. The number of fused-ring (bicyclic) bond motifs is 3. The number of methoxy groups -OCH3 is 3. The van der Waals surface area contributed by atoms with Crippen LogP contribution in [0.4, 0.5) is 5.95 Å². The Morgan fingerprint density at radius 1 is 0.972 bits per heavy atom. The molecule has 0 saturated carbocycles. The maximum absolute atomic E-state index is 6.73. The van der Waals surface area contributed by atoms with Gasteiger partial charge >= 0.3 is 0 Å². The summed E-state index contributed by atoms with van der Waals surface area (Å²) in [6.45, 7) is 2.07. The Hall–Kier alpha value is -4.53. The van der Waals surface area contributed by atoms with Crippen molar-refractivity contribution in [2.24, 2.45) is 0 Å². The van der Waals surface area contributed by atoms with E-state index in [1.165, 1.54) is 0 Å². The zero-order valence-corrected chi connectivity index (χ0v) is 20.4. The highest BCUT2D eigenvalue weighted by Crippen LogP contribution is 2.52. The van der Waals surface area contributed by atoms with E-state index in [4.69, 9.17) is 18.9 Å². The first-order valence-corrected chi connectivity index (χ1v) is 11.5. The zero-order chi connectivity index (χ0) is 24.8. The molecule has 9 heteroatoms. The molecule has 0 bridgehead atoms. The van der Waals surface area contributed by atoms with Crippen molar-refractivity contribution in [3.63, 3.8) is 0 Å². The molecule has 2 aliphatic rings.